The summed E-state index contributed by atoms with van der Waals surface area (Å²) < 4.78 is 5.23. The molecule has 3 rings (SSSR count). The van der Waals surface area contributed by atoms with Crippen LogP contribution in [0.15, 0.2) is 48.5 Å². The van der Waals surface area contributed by atoms with Crippen molar-refractivity contribution in [2.24, 2.45) is 0 Å². The van der Waals surface area contributed by atoms with Gasteiger partial charge < -0.3 is 20.3 Å². The molecule has 2 aromatic carbocycles. The number of fused-ring (bicyclic) bond motifs is 1. The number of anilines is 1. The first-order valence-corrected chi connectivity index (χ1v) is 6.52. The van der Waals surface area contributed by atoms with Crippen molar-refractivity contribution >= 4 is 11.6 Å². The minimum atomic E-state index is -1.66. The van der Waals surface area contributed by atoms with Crippen LogP contribution >= 0.6 is 0 Å². The molecule has 0 aliphatic carbocycles. The van der Waals surface area contributed by atoms with Crippen LogP contribution in [0.5, 0.6) is 5.75 Å². The maximum Gasteiger partial charge on any atom is 0.257 e. The molecule has 1 aliphatic heterocycles. The number of amides is 1. The average molecular weight is 285 g/mol. The third-order valence-corrected chi connectivity index (χ3v) is 3.74. The van der Waals surface area contributed by atoms with Crippen LogP contribution in [0.25, 0.3) is 0 Å². The predicted molar refractivity (Wildman–Crippen MR) is 77.0 cm³/mol. The Morgan fingerprint density at radius 1 is 1.19 bits per heavy atom. The molecule has 5 heteroatoms. The maximum atomic E-state index is 12.2. The second kappa shape index (κ2) is 4.87. The second-order valence-corrected chi connectivity index (χ2v) is 4.97. The van der Waals surface area contributed by atoms with E-state index in [9.17, 15) is 15.0 Å². The fourth-order valence-corrected chi connectivity index (χ4v) is 2.76. The molecule has 108 valence electrons. The van der Waals surface area contributed by atoms with Crippen molar-refractivity contribution in [1.82, 2.24) is 0 Å². The molecule has 5 nitrogen and oxygen atoms in total. The molecule has 0 bridgehead atoms. The number of nitrogens with one attached hydrogen (secondary N) is 1. The molecule has 0 unspecified atom stereocenters. The Bertz CT molecular complexity index is 686. The highest BCUT2D eigenvalue weighted by Crippen LogP contribution is 2.43. The van der Waals surface area contributed by atoms with E-state index in [1.54, 1.807) is 30.3 Å². The van der Waals surface area contributed by atoms with Gasteiger partial charge in [0.25, 0.3) is 5.91 Å². The van der Waals surface area contributed by atoms with Crippen LogP contribution in [-0.2, 0) is 15.1 Å². The number of phenols is 1. The fourth-order valence-electron chi connectivity index (χ4n) is 2.76. The number of methoxy groups -OCH3 is 1. The molecule has 1 aliphatic rings. The van der Waals surface area contributed by atoms with Crippen LogP contribution in [0.1, 0.15) is 11.1 Å². The van der Waals surface area contributed by atoms with Gasteiger partial charge in [0.1, 0.15) is 5.75 Å². The van der Waals surface area contributed by atoms with E-state index in [0.717, 1.165) is 0 Å². The molecule has 0 saturated heterocycles. The molecule has 1 amide bonds. The summed E-state index contributed by atoms with van der Waals surface area (Å²) in [5.41, 5.74) is -0.275. The van der Waals surface area contributed by atoms with E-state index in [1.807, 2.05) is 6.07 Å². The third kappa shape index (κ3) is 1.98. The number of ether oxygens (including phenoxy) is 1. The van der Waals surface area contributed by atoms with Crippen molar-refractivity contribution in [3.63, 3.8) is 0 Å². The summed E-state index contributed by atoms with van der Waals surface area (Å²) in [6.45, 7) is 0. The second-order valence-electron chi connectivity index (χ2n) is 4.97. The molecule has 0 radical (unpaired) electrons. The van der Waals surface area contributed by atoms with Crippen LogP contribution < -0.4 is 5.32 Å². The molecule has 0 aromatic heterocycles. The Kier molecular flexibility index (Phi) is 3.16. The molecule has 0 fully saturated rings. The molecular formula is C16H15NO4. The van der Waals surface area contributed by atoms with Crippen molar-refractivity contribution in [3.05, 3.63) is 59.7 Å². The number of rotatable bonds is 2. The quantitative estimate of drug-likeness (QED) is 0.732. The Labute approximate surface area is 121 Å². The minimum Gasteiger partial charge on any atom is -0.508 e. The molecule has 3 N–H and O–H groups in total. The number of aliphatic hydroxyl groups is 1. The van der Waals surface area contributed by atoms with Crippen LogP contribution in [0, 0.1) is 0 Å². The monoisotopic (exact) mass is 285 g/mol. The first-order valence-electron chi connectivity index (χ1n) is 6.52. The molecule has 21 heavy (non-hydrogen) atoms. The normalized spacial score (nSPS) is 24.3. The highest BCUT2D eigenvalue weighted by molar-refractivity contribution is 5.99. The van der Waals surface area contributed by atoms with Gasteiger partial charge in [0.15, 0.2) is 11.7 Å². The fraction of sp³-hybridized carbons (Fsp3) is 0.188. The van der Waals surface area contributed by atoms with E-state index in [2.05, 4.69) is 5.32 Å². The number of hydrogen-bond acceptors (Lipinski definition) is 4. The topological polar surface area (TPSA) is 78.8 Å². The first kappa shape index (κ1) is 13.6. The van der Waals surface area contributed by atoms with E-state index in [4.69, 9.17) is 4.74 Å². The number of benzene rings is 2. The van der Waals surface area contributed by atoms with Gasteiger partial charge in [-0.3, -0.25) is 4.79 Å². The molecule has 0 spiro atoms. The lowest BCUT2D eigenvalue weighted by atomic mass is 9.78. The van der Waals surface area contributed by atoms with Gasteiger partial charge in [0.05, 0.1) is 0 Å². The summed E-state index contributed by atoms with van der Waals surface area (Å²) in [6.07, 6.45) is -1.10. The Balaban J connectivity index is 2.29. The van der Waals surface area contributed by atoms with E-state index in [-0.39, 0.29) is 5.75 Å². The third-order valence-electron chi connectivity index (χ3n) is 3.74. The Morgan fingerprint density at radius 2 is 1.90 bits per heavy atom. The number of aromatic hydroxyl groups is 1. The van der Waals surface area contributed by atoms with Crippen LogP contribution in [-0.4, -0.2) is 29.3 Å². The maximum absolute atomic E-state index is 12.2. The van der Waals surface area contributed by atoms with Gasteiger partial charge >= 0.3 is 0 Å². The van der Waals surface area contributed by atoms with E-state index < -0.39 is 17.6 Å². The van der Waals surface area contributed by atoms with Crippen molar-refractivity contribution in [2.45, 2.75) is 11.7 Å². The zero-order valence-electron chi connectivity index (χ0n) is 11.4. The van der Waals surface area contributed by atoms with Gasteiger partial charge in [-0.2, -0.15) is 0 Å². The van der Waals surface area contributed by atoms with Crippen LogP contribution in [0.2, 0.25) is 0 Å². The predicted octanol–water partition coefficient (Wildman–Crippen LogP) is 1.60. The smallest absolute Gasteiger partial charge is 0.257 e. The standard InChI is InChI=1S/C16H15NO4/c1-21-14-15(19)17-13-8-7-11(18)9-12(13)16(14,20)10-5-3-2-4-6-10/h2-9,14,18,20H,1H3,(H,17,19)/t14-,16+/m1/s1. The summed E-state index contributed by atoms with van der Waals surface area (Å²) in [7, 11) is 1.37. The number of hydrogen-bond donors (Lipinski definition) is 3. The summed E-state index contributed by atoms with van der Waals surface area (Å²) in [5.74, 6) is -0.420. The number of carbonyl (C=O) groups is 1. The van der Waals surface area contributed by atoms with Gasteiger partial charge in [-0.05, 0) is 23.8 Å². The minimum absolute atomic E-state index is 0.00843. The van der Waals surface area contributed by atoms with Crippen molar-refractivity contribution in [1.29, 1.82) is 0 Å². The summed E-state index contributed by atoms with van der Waals surface area (Å²) in [5, 5.41) is 23.7. The van der Waals surface area contributed by atoms with E-state index in [1.165, 1.54) is 19.2 Å². The average Bonchev–Trinajstić information content (AvgIpc) is 2.49. The zero-order chi connectivity index (χ0) is 15.0. The molecular weight excluding hydrogens is 270 g/mol. The van der Waals surface area contributed by atoms with Crippen molar-refractivity contribution < 1.29 is 19.7 Å². The molecule has 2 atom stereocenters. The largest absolute Gasteiger partial charge is 0.508 e. The molecule has 2 aromatic rings. The van der Waals surface area contributed by atoms with Gasteiger partial charge in [-0.15, -0.1) is 0 Å². The summed E-state index contributed by atoms with van der Waals surface area (Å²) in [4.78, 5) is 12.2. The van der Waals surface area contributed by atoms with Gasteiger partial charge in [-0.25, -0.2) is 0 Å². The lowest BCUT2D eigenvalue weighted by Gasteiger charge is -2.40. The zero-order valence-corrected chi connectivity index (χ0v) is 11.4. The van der Waals surface area contributed by atoms with Crippen molar-refractivity contribution in [3.8, 4) is 5.75 Å². The van der Waals surface area contributed by atoms with E-state index in [0.29, 0.717) is 16.8 Å². The molecule has 0 saturated carbocycles. The SMILES string of the molecule is CO[C@@H]1C(=O)Nc2ccc(O)cc2[C@@]1(O)c1ccccc1. The lowest BCUT2D eigenvalue weighted by molar-refractivity contribution is -0.142. The summed E-state index contributed by atoms with van der Waals surface area (Å²) in [6, 6.07) is 13.3. The highest BCUT2D eigenvalue weighted by atomic mass is 16.5. The number of carbonyl (C=O) groups excluding carboxylic acids is 1. The van der Waals surface area contributed by atoms with Crippen LogP contribution in [0.3, 0.4) is 0 Å². The highest BCUT2D eigenvalue weighted by Gasteiger charge is 2.49. The molecule has 1 heterocycles. The van der Waals surface area contributed by atoms with E-state index >= 15 is 0 Å². The van der Waals surface area contributed by atoms with Gasteiger partial charge in [-0.1, -0.05) is 30.3 Å². The lowest BCUT2D eigenvalue weighted by Crippen LogP contribution is -2.52. The first-order chi connectivity index (χ1) is 10.1. The Hall–Kier alpha value is -2.37. The Morgan fingerprint density at radius 3 is 2.57 bits per heavy atom. The van der Waals surface area contributed by atoms with Crippen LogP contribution in [0.4, 0.5) is 5.69 Å². The number of phenolic OH excluding ortho intramolecular Hbond substituents is 1. The summed E-state index contributed by atoms with van der Waals surface area (Å²) >= 11 is 0. The van der Waals surface area contributed by atoms with Gasteiger partial charge in [0.2, 0.25) is 0 Å². The van der Waals surface area contributed by atoms with Crippen molar-refractivity contribution in [2.75, 3.05) is 12.4 Å². The van der Waals surface area contributed by atoms with Gasteiger partial charge in [0, 0.05) is 18.4 Å².